The number of nitrogens with one attached hydrogen (secondary N) is 2. The molecule has 1 aliphatic heterocycles. The Bertz CT molecular complexity index is 578. The summed E-state index contributed by atoms with van der Waals surface area (Å²) in [5.74, 6) is -0.526. The minimum Gasteiger partial charge on any atom is -0.355 e. The lowest BCUT2D eigenvalue weighted by atomic mass is 10.1. The van der Waals surface area contributed by atoms with Gasteiger partial charge in [-0.2, -0.15) is 0 Å². The van der Waals surface area contributed by atoms with Gasteiger partial charge in [0, 0.05) is 50.9 Å². The van der Waals surface area contributed by atoms with Gasteiger partial charge in [0.25, 0.3) is 0 Å². The highest BCUT2D eigenvalue weighted by atomic mass is 19.1. The van der Waals surface area contributed by atoms with E-state index in [-0.39, 0.29) is 6.04 Å². The van der Waals surface area contributed by atoms with Gasteiger partial charge in [-0.3, -0.25) is 9.89 Å². The maximum atomic E-state index is 13.9. The fraction of sp³-hybridized carbons (Fsp3) is 0.588. The second-order valence-corrected chi connectivity index (χ2v) is 6.38. The van der Waals surface area contributed by atoms with Crippen LogP contribution in [-0.4, -0.2) is 69.1 Å². The third-order valence-electron chi connectivity index (χ3n) is 4.49. The van der Waals surface area contributed by atoms with Crippen molar-refractivity contribution in [2.75, 3.05) is 47.3 Å². The fourth-order valence-electron chi connectivity index (χ4n) is 2.87. The Hall–Kier alpha value is -1.73. The number of hydrogen-bond donors (Lipinski definition) is 2. The Labute approximate surface area is 142 Å². The molecule has 0 aliphatic carbocycles. The van der Waals surface area contributed by atoms with Crippen molar-refractivity contribution in [3.63, 3.8) is 0 Å². The molecule has 0 radical (unpaired) electrons. The summed E-state index contributed by atoms with van der Waals surface area (Å²) >= 11 is 0. The Kier molecular flexibility index (Phi) is 6.51. The fourth-order valence-corrected chi connectivity index (χ4v) is 2.87. The van der Waals surface area contributed by atoms with Crippen LogP contribution in [0.2, 0.25) is 0 Å². The molecule has 1 aromatic carbocycles. The molecule has 2 atom stereocenters. The van der Waals surface area contributed by atoms with E-state index < -0.39 is 11.6 Å². The third kappa shape index (κ3) is 4.88. The average Bonchev–Trinajstić information content (AvgIpc) is 2.54. The predicted octanol–water partition coefficient (Wildman–Crippen LogP) is 1.44. The zero-order valence-corrected chi connectivity index (χ0v) is 14.8. The molecule has 0 bridgehead atoms. The maximum absolute atomic E-state index is 13.9. The molecule has 0 spiro atoms. The van der Waals surface area contributed by atoms with Gasteiger partial charge >= 0.3 is 0 Å². The van der Waals surface area contributed by atoms with E-state index in [0.717, 1.165) is 32.2 Å². The molecule has 1 heterocycles. The van der Waals surface area contributed by atoms with Gasteiger partial charge < -0.3 is 15.5 Å². The van der Waals surface area contributed by atoms with Crippen LogP contribution in [0.1, 0.15) is 18.5 Å². The number of likely N-dealkylation sites (N-methyl/N-ethyl adjacent to an activating group) is 2. The molecule has 2 rings (SSSR count). The number of aliphatic imine (C=N–C) groups is 1. The molecule has 2 N–H and O–H groups in total. The first-order valence-corrected chi connectivity index (χ1v) is 8.21. The summed E-state index contributed by atoms with van der Waals surface area (Å²) in [6, 6.07) is 3.69. The molecule has 0 amide bonds. The molecule has 24 heavy (non-hydrogen) atoms. The number of guanidine groups is 1. The van der Waals surface area contributed by atoms with E-state index in [1.54, 1.807) is 7.05 Å². The Morgan fingerprint density at radius 2 is 2.08 bits per heavy atom. The van der Waals surface area contributed by atoms with Crippen molar-refractivity contribution in [2.24, 2.45) is 4.99 Å². The Morgan fingerprint density at radius 1 is 1.33 bits per heavy atom. The number of hydrogen-bond acceptors (Lipinski definition) is 3. The predicted molar refractivity (Wildman–Crippen MR) is 93.2 cm³/mol. The number of rotatable bonds is 4. The van der Waals surface area contributed by atoms with E-state index in [1.807, 2.05) is 6.92 Å². The van der Waals surface area contributed by atoms with Crippen molar-refractivity contribution in [3.05, 3.63) is 35.4 Å². The van der Waals surface area contributed by atoms with Crippen LogP contribution in [0.25, 0.3) is 0 Å². The maximum Gasteiger partial charge on any atom is 0.191 e. The first-order valence-electron chi connectivity index (χ1n) is 8.21. The first-order chi connectivity index (χ1) is 11.4. The second-order valence-electron chi connectivity index (χ2n) is 6.38. The summed E-state index contributed by atoms with van der Waals surface area (Å²) in [6.07, 6.45) is 0. The van der Waals surface area contributed by atoms with Crippen LogP contribution in [0.15, 0.2) is 23.2 Å². The van der Waals surface area contributed by atoms with Gasteiger partial charge in [-0.15, -0.1) is 0 Å². The van der Waals surface area contributed by atoms with E-state index >= 15 is 0 Å². The van der Waals surface area contributed by atoms with E-state index in [1.165, 1.54) is 12.1 Å². The summed E-state index contributed by atoms with van der Waals surface area (Å²) in [5, 5.41) is 6.45. The average molecular weight is 339 g/mol. The van der Waals surface area contributed by atoms with Gasteiger partial charge in [0.15, 0.2) is 5.96 Å². The van der Waals surface area contributed by atoms with Gasteiger partial charge in [0.2, 0.25) is 0 Å². The number of benzene rings is 1. The monoisotopic (exact) mass is 339 g/mol. The van der Waals surface area contributed by atoms with E-state index in [4.69, 9.17) is 0 Å². The number of nitrogens with zero attached hydrogens (tertiary/aromatic N) is 3. The Balaban J connectivity index is 1.92. The topological polar surface area (TPSA) is 42.9 Å². The molecule has 2 unspecified atom stereocenters. The summed E-state index contributed by atoms with van der Waals surface area (Å²) in [6.45, 7) is 5.67. The van der Waals surface area contributed by atoms with Gasteiger partial charge in [-0.25, -0.2) is 8.78 Å². The minimum atomic E-state index is -0.574. The minimum absolute atomic E-state index is 0.316. The largest absolute Gasteiger partial charge is 0.355 e. The van der Waals surface area contributed by atoms with Crippen LogP contribution in [0.4, 0.5) is 8.78 Å². The van der Waals surface area contributed by atoms with Crippen molar-refractivity contribution in [3.8, 4) is 0 Å². The molecule has 5 nitrogen and oxygen atoms in total. The van der Waals surface area contributed by atoms with Crippen molar-refractivity contribution >= 4 is 5.96 Å². The number of halogens is 2. The Morgan fingerprint density at radius 3 is 2.75 bits per heavy atom. The quantitative estimate of drug-likeness (QED) is 0.643. The van der Waals surface area contributed by atoms with E-state index in [2.05, 4.69) is 39.5 Å². The lowest BCUT2D eigenvalue weighted by Crippen LogP contribution is -2.55. The van der Waals surface area contributed by atoms with Crippen molar-refractivity contribution in [2.45, 2.75) is 19.0 Å². The summed E-state index contributed by atoms with van der Waals surface area (Å²) < 4.78 is 26.9. The summed E-state index contributed by atoms with van der Waals surface area (Å²) in [7, 11) is 5.91. The van der Waals surface area contributed by atoms with Crippen molar-refractivity contribution in [1.82, 2.24) is 20.4 Å². The van der Waals surface area contributed by atoms with Gasteiger partial charge in [0.1, 0.15) is 11.6 Å². The molecule has 7 heteroatoms. The molecule has 1 aromatic rings. The van der Waals surface area contributed by atoms with Crippen LogP contribution >= 0.6 is 0 Å². The summed E-state index contributed by atoms with van der Waals surface area (Å²) in [5.41, 5.74) is 0.411. The lowest BCUT2D eigenvalue weighted by Gasteiger charge is -2.38. The van der Waals surface area contributed by atoms with Gasteiger partial charge in [-0.1, -0.05) is 6.07 Å². The molecule has 0 aromatic heterocycles. The SMILES string of the molecule is CN=C(NCC1CN(C)CCN1C)NC(C)c1ccc(F)cc1F. The summed E-state index contributed by atoms with van der Waals surface area (Å²) in [4.78, 5) is 8.82. The van der Waals surface area contributed by atoms with Crippen LogP contribution in [0, 0.1) is 11.6 Å². The van der Waals surface area contributed by atoms with Gasteiger partial charge in [0.05, 0.1) is 6.04 Å². The molecule has 1 saturated heterocycles. The molecular weight excluding hydrogens is 312 g/mol. The van der Waals surface area contributed by atoms with E-state index in [9.17, 15) is 8.78 Å². The highest BCUT2D eigenvalue weighted by Crippen LogP contribution is 2.17. The second kappa shape index (κ2) is 8.39. The standard InChI is InChI=1S/C17H27F2N5/c1-12(15-6-5-13(18)9-16(15)19)22-17(20-2)21-10-14-11-23(3)7-8-24(14)4/h5-6,9,12,14H,7-8,10-11H2,1-4H3,(H2,20,21,22). The zero-order chi connectivity index (χ0) is 17.7. The lowest BCUT2D eigenvalue weighted by molar-refractivity contribution is 0.116. The molecule has 1 aliphatic rings. The molecule has 134 valence electrons. The van der Waals surface area contributed by atoms with Crippen molar-refractivity contribution < 1.29 is 8.78 Å². The van der Waals surface area contributed by atoms with Crippen LogP contribution in [0.5, 0.6) is 0 Å². The van der Waals surface area contributed by atoms with Crippen LogP contribution in [-0.2, 0) is 0 Å². The smallest absolute Gasteiger partial charge is 0.191 e. The highest BCUT2D eigenvalue weighted by molar-refractivity contribution is 5.80. The molecule has 0 saturated carbocycles. The molecule has 1 fully saturated rings. The van der Waals surface area contributed by atoms with Gasteiger partial charge in [-0.05, 0) is 27.1 Å². The third-order valence-corrected chi connectivity index (χ3v) is 4.49. The van der Waals surface area contributed by atoms with E-state index in [0.29, 0.717) is 17.6 Å². The molecular formula is C17H27F2N5. The highest BCUT2D eigenvalue weighted by Gasteiger charge is 2.22. The van der Waals surface area contributed by atoms with Crippen LogP contribution < -0.4 is 10.6 Å². The first kappa shape index (κ1) is 18.6. The van der Waals surface area contributed by atoms with Crippen molar-refractivity contribution in [1.29, 1.82) is 0 Å². The normalized spacial score (nSPS) is 21.6. The van der Waals surface area contributed by atoms with Crippen LogP contribution in [0.3, 0.4) is 0 Å². The zero-order valence-electron chi connectivity index (χ0n) is 14.8. The number of piperazine rings is 1.